The minimum Gasteiger partial charge on any atom is -0.497 e. The minimum absolute atomic E-state index is 0.289. The van der Waals surface area contributed by atoms with E-state index in [1.165, 1.54) is 20.4 Å². The number of halogens is 2. The lowest BCUT2D eigenvalue weighted by atomic mass is 10.2. The molecular formula is C25H22BrClN4O6. The molecule has 0 aliphatic heterocycles. The number of nitrogens with one attached hydrogen (secondary N) is 3. The number of hydrogen-bond acceptors (Lipinski definition) is 7. The molecule has 3 aromatic carbocycles. The summed E-state index contributed by atoms with van der Waals surface area (Å²) in [6, 6.07) is 16.5. The third kappa shape index (κ3) is 7.95. The van der Waals surface area contributed by atoms with E-state index in [2.05, 4.69) is 37.1 Å². The fourth-order valence-corrected chi connectivity index (χ4v) is 3.68. The van der Waals surface area contributed by atoms with Crippen molar-refractivity contribution in [2.45, 2.75) is 0 Å². The Morgan fingerprint density at radius 2 is 1.70 bits per heavy atom. The highest BCUT2D eigenvalue weighted by Gasteiger charge is 2.15. The maximum absolute atomic E-state index is 12.3. The van der Waals surface area contributed by atoms with Crippen LogP contribution in [0.3, 0.4) is 0 Å². The van der Waals surface area contributed by atoms with Gasteiger partial charge >= 0.3 is 11.8 Å². The van der Waals surface area contributed by atoms with Crippen LogP contribution in [-0.4, -0.2) is 44.8 Å². The Bertz CT molecular complexity index is 1320. The van der Waals surface area contributed by atoms with Gasteiger partial charge in [0.2, 0.25) is 0 Å². The average molecular weight is 590 g/mol. The van der Waals surface area contributed by atoms with Gasteiger partial charge in [-0.3, -0.25) is 14.4 Å². The summed E-state index contributed by atoms with van der Waals surface area (Å²) in [5.41, 5.74) is 3.57. The van der Waals surface area contributed by atoms with Crippen molar-refractivity contribution in [2.75, 3.05) is 31.5 Å². The van der Waals surface area contributed by atoms with E-state index in [0.717, 1.165) is 0 Å². The molecule has 0 atom stereocenters. The highest BCUT2D eigenvalue weighted by atomic mass is 79.9. The van der Waals surface area contributed by atoms with Crippen LogP contribution in [0.5, 0.6) is 17.2 Å². The number of benzene rings is 3. The molecule has 0 aromatic heterocycles. The summed E-state index contributed by atoms with van der Waals surface area (Å²) in [4.78, 5) is 36.4. The van der Waals surface area contributed by atoms with Crippen LogP contribution in [-0.2, 0) is 14.4 Å². The van der Waals surface area contributed by atoms with Gasteiger partial charge in [-0.15, -0.1) is 0 Å². The predicted octanol–water partition coefficient (Wildman–Crippen LogP) is 4.23. The molecule has 3 N–H and O–H groups in total. The number of carbonyl (C=O) groups excluding carboxylic acids is 3. The smallest absolute Gasteiger partial charge is 0.329 e. The van der Waals surface area contributed by atoms with Crippen molar-refractivity contribution in [2.24, 2.45) is 5.10 Å². The Morgan fingerprint density at radius 3 is 2.38 bits per heavy atom. The molecule has 0 fully saturated rings. The van der Waals surface area contributed by atoms with E-state index < -0.39 is 17.7 Å². The number of hydrazone groups is 1. The Kier molecular flexibility index (Phi) is 9.87. The van der Waals surface area contributed by atoms with Crippen molar-refractivity contribution in [1.29, 1.82) is 0 Å². The van der Waals surface area contributed by atoms with Crippen molar-refractivity contribution >= 4 is 62.8 Å². The number of amides is 3. The number of anilines is 2. The van der Waals surface area contributed by atoms with Gasteiger partial charge in [0.05, 0.1) is 35.6 Å². The fraction of sp³-hybridized carbons (Fsp3) is 0.120. The summed E-state index contributed by atoms with van der Waals surface area (Å²) < 4.78 is 16.5. The second kappa shape index (κ2) is 13.3. The van der Waals surface area contributed by atoms with E-state index in [-0.39, 0.29) is 12.4 Å². The van der Waals surface area contributed by atoms with Crippen LogP contribution in [0.4, 0.5) is 11.4 Å². The first-order valence-corrected chi connectivity index (χ1v) is 11.8. The molecule has 0 bridgehead atoms. The van der Waals surface area contributed by atoms with Crippen LogP contribution >= 0.6 is 27.5 Å². The van der Waals surface area contributed by atoms with E-state index in [1.54, 1.807) is 60.7 Å². The summed E-state index contributed by atoms with van der Waals surface area (Å²) in [7, 11) is 2.96. The highest BCUT2D eigenvalue weighted by Crippen LogP contribution is 2.36. The first kappa shape index (κ1) is 27.5. The number of ether oxygens (including phenoxy) is 3. The summed E-state index contributed by atoms with van der Waals surface area (Å²) in [5, 5.41) is 9.33. The van der Waals surface area contributed by atoms with E-state index in [0.29, 0.717) is 37.9 Å². The monoisotopic (exact) mass is 588 g/mol. The molecule has 3 aromatic rings. The molecule has 10 nitrogen and oxygen atoms in total. The Labute approximate surface area is 226 Å². The van der Waals surface area contributed by atoms with Crippen molar-refractivity contribution in [1.82, 2.24) is 5.43 Å². The van der Waals surface area contributed by atoms with Crippen LogP contribution < -0.4 is 30.3 Å². The van der Waals surface area contributed by atoms with Gasteiger partial charge < -0.3 is 24.8 Å². The molecule has 0 radical (unpaired) electrons. The van der Waals surface area contributed by atoms with Crippen molar-refractivity contribution in [3.05, 3.63) is 75.7 Å². The predicted molar refractivity (Wildman–Crippen MR) is 144 cm³/mol. The van der Waals surface area contributed by atoms with E-state index >= 15 is 0 Å². The van der Waals surface area contributed by atoms with Gasteiger partial charge in [0.25, 0.3) is 5.91 Å². The Morgan fingerprint density at radius 1 is 0.973 bits per heavy atom. The molecular weight excluding hydrogens is 568 g/mol. The van der Waals surface area contributed by atoms with Gasteiger partial charge in [-0.25, -0.2) is 5.43 Å². The van der Waals surface area contributed by atoms with Crippen LogP contribution in [0.2, 0.25) is 5.02 Å². The lowest BCUT2D eigenvalue weighted by molar-refractivity contribution is -0.136. The van der Waals surface area contributed by atoms with Gasteiger partial charge in [0.1, 0.15) is 5.75 Å². The molecule has 0 heterocycles. The Hall–Kier alpha value is -4.09. The SMILES string of the molecule is COc1ccc(NC(=O)C(=O)N/N=C\c2cc(Br)c(OCC(=O)Nc3ccccc3Cl)c(OC)c2)cc1. The number of hydrogen-bond donors (Lipinski definition) is 3. The third-order valence-corrected chi connectivity index (χ3v) is 5.60. The number of methoxy groups -OCH3 is 2. The summed E-state index contributed by atoms with van der Waals surface area (Å²) in [6.45, 7) is -0.299. The largest absolute Gasteiger partial charge is 0.497 e. The second-order valence-electron chi connectivity index (χ2n) is 7.23. The number of para-hydroxylation sites is 1. The fourth-order valence-electron chi connectivity index (χ4n) is 2.92. The van der Waals surface area contributed by atoms with Gasteiger partial charge in [-0.2, -0.15) is 5.10 Å². The van der Waals surface area contributed by atoms with Crippen LogP contribution in [0.15, 0.2) is 70.2 Å². The van der Waals surface area contributed by atoms with Gasteiger partial charge in [0.15, 0.2) is 18.1 Å². The molecule has 37 heavy (non-hydrogen) atoms. The van der Waals surface area contributed by atoms with E-state index in [4.69, 9.17) is 25.8 Å². The van der Waals surface area contributed by atoms with Crippen molar-refractivity contribution < 1.29 is 28.6 Å². The molecule has 0 saturated carbocycles. The number of nitrogens with zero attached hydrogens (tertiary/aromatic N) is 1. The zero-order valence-corrected chi connectivity index (χ0v) is 22.1. The second-order valence-corrected chi connectivity index (χ2v) is 8.49. The quantitative estimate of drug-likeness (QED) is 0.195. The lowest BCUT2D eigenvalue weighted by Crippen LogP contribution is -2.32. The third-order valence-electron chi connectivity index (χ3n) is 4.68. The molecule has 0 aliphatic carbocycles. The zero-order valence-electron chi connectivity index (χ0n) is 19.7. The average Bonchev–Trinajstić information content (AvgIpc) is 2.89. The molecule has 3 amide bonds. The standard InChI is InChI=1S/C25H22BrClN4O6/c1-35-17-9-7-16(8-10-17)29-24(33)25(34)31-28-13-15-11-18(26)23(21(12-15)36-2)37-14-22(32)30-20-6-4-3-5-19(20)27/h3-13H,14H2,1-2H3,(H,29,33)(H,30,32)(H,31,34)/b28-13-. The van der Waals surface area contributed by atoms with Crippen LogP contribution in [0.25, 0.3) is 0 Å². The molecule has 12 heteroatoms. The Balaban J connectivity index is 1.57. The first-order chi connectivity index (χ1) is 17.8. The number of rotatable bonds is 9. The molecule has 0 saturated heterocycles. The molecule has 0 aliphatic rings. The van der Waals surface area contributed by atoms with Crippen LogP contribution in [0.1, 0.15) is 5.56 Å². The molecule has 3 rings (SSSR count). The van der Waals surface area contributed by atoms with Gasteiger partial charge in [-0.1, -0.05) is 23.7 Å². The van der Waals surface area contributed by atoms with E-state index in [9.17, 15) is 14.4 Å². The lowest BCUT2D eigenvalue weighted by Gasteiger charge is -2.14. The molecule has 0 spiro atoms. The van der Waals surface area contributed by atoms with Crippen molar-refractivity contribution in [3.63, 3.8) is 0 Å². The minimum atomic E-state index is -0.956. The van der Waals surface area contributed by atoms with E-state index in [1.807, 2.05) is 0 Å². The van der Waals surface area contributed by atoms with Crippen LogP contribution in [0, 0.1) is 0 Å². The summed E-state index contributed by atoms with van der Waals surface area (Å²) in [5.74, 6) is -1.04. The number of carbonyl (C=O) groups is 3. The maximum atomic E-state index is 12.3. The zero-order chi connectivity index (χ0) is 26.8. The topological polar surface area (TPSA) is 127 Å². The first-order valence-electron chi connectivity index (χ1n) is 10.6. The molecule has 0 unspecified atom stereocenters. The van der Waals surface area contributed by atoms with Crippen molar-refractivity contribution in [3.8, 4) is 17.2 Å². The normalized spacial score (nSPS) is 10.5. The summed E-state index contributed by atoms with van der Waals surface area (Å²) >= 11 is 9.43. The maximum Gasteiger partial charge on any atom is 0.329 e. The van der Waals surface area contributed by atoms with Gasteiger partial charge in [0, 0.05) is 5.69 Å². The summed E-state index contributed by atoms with van der Waals surface area (Å²) in [6.07, 6.45) is 1.32. The van der Waals surface area contributed by atoms with Gasteiger partial charge in [-0.05, 0) is 70.0 Å². The highest BCUT2D eigenvalue weighted by molar-refractivity contribution is 9.10. The molecule has 192 valence electrons.